The molecule has 5 nitrogen and oxygen atoms in total. The molecule has 3 atom stereocenters. The molecule has 152 valence electrons. The fourth-order valence-electron chi connectivity index (χ4n) is 4.39. The van der Waals surface area contributed by atoms with Crippen molar-refractivity contribution >= 4 is 0 Å². The number of hydrogen-bond donors (Lipinski definition) is 1. The molecule has 0 saturated heterocycles. The van der Waals surface area contributed by atoms with E-state index in [-0.39, 0.29) is 0 Å². The Balaban J connectivity index is 1.88. The van der Waals surface area contributed by atoms with Crippen molar-refractivity contribution in [2.75, 3.05) is 0 Å². The van der Waals surface area contributed by atoms with Crippen LogP contribution in [0.1, 0.15) is 36.0 Å². The van der Waals surface area contributed by atoms with Gasteiger partial charge in [0.15, 0.2) is 0 Å². The molecule has 0 unspecified atom stereocenters. The average Bonchev–Trinajstić information content (AvgIpc) is 2.82. The van der Waals surface area contributed by atoms with Gasteiger partial charge in [-0.05, 0) is 35.1 Å². The minimum absolute atomic E-state index is 0.463. The Hall–Kier alpha value is -3.11. The van der Waals surface area contributed by atoms with Crippen LogP contribution in [-0.4, -0.2) is 23.4 Å². The Labute approximate surface area is 176 Å². The third kappa shape index (κ3) is 3.83. The van der Waals surface area contributed by atoms with Crippen molar-refractivity contribution in [2.45, 2.75) is 43.1 Å². The Morgan fingerprint density at radius 2 is 1.27 bits per heavy atom. The molecule has 0 aliphatic heterocycles. The van der Waals surface area contributed by atoms with Gasteiger partial charge in [0.05, 0.1) is 18.2 Å². The molecule has 5 heteroatoms. The first kappa shape index (κ1) is 20.2. The predicted molar refractivity (Wildman–Crippen MR) is 117 cm³/mol. The summed E-state index contributed by atoms with van der Waals surface area (Å²) in [4.78, 5) is 2.92. The SMILES string of the molecule is [N-]=[N+]=N[C@H]1CCC[C@@H](OC(c2ccccc2)(c2ccccc2)c2ccccc2)[C@@H]1O. The van der Waals surface area contributed by atoms with E-state index in [9.17, 15) is 5.11 Å². The first-order chi connectivity index (χ1) is 14.8. The van der Waals surface area contributed by atoms with Gasteiger partial charge in [0.1, 0.15) is 5.60 Å². The quantitative estimate of drug-likeness (QED) is 0.254. The van der Waals surface area contributed by atoms with Crippen LogP contribution in [0.15, 0.2) is 96.1 Å². The summed E-state index contributed by atoms with van der Waals surface area (Å²) in [5, 5.41) is 14.8. The van der Waals surface area contributed by atoms with Crippen molar-refractivity contribution in [3.63, 3.8) is 0 Å². The summed E-state index contributed by atoms with van der Waals surface area (Å²) in [6.07, 6.45) is 0.882. The van der Waals surface area contributed by atoms with Crippen LogP contribution in [-0.2, 0) is 10.3 Å². The standard InChI is InChI=1S/C25H25N3O2/c26-28-27-22-17-10-18-23(24(22)29)30-25(19-11-4-1-5-12-19,20-13-6-2-7-14-20)21-15-8-3-9-16-21/h1-9,11-16,22-24,29H,10,17-18H2/t22-,23+,24+/m0/s1. The smallest absolute Gasteiger partial charge is 0.144 e. The van der Waals surface area contributed by atoms with Gasteiger partial charge in [0.2, 0.25) is 0 Å². The van der Waals surface area contributed by atoms with Crippen molar-refractivity contribution in [1.82, 2.24) is 0 Å². The maximum Gasteiger partial charge on any atom is 0.144 e. The number of ether oxygens (including phenoxy) is 1. The van der Waals surface area contributed by atoms with Gasteiger partial charge in [-0.25, -0.2) is 0 Å². The monoisotopic (exact) mass is 399 g/mol. The molecule has 0 bridgehead atoms. The number of rotatable bonds is 6. The Morgan fingerprint density at radius 3 is 1.70 bits per heavy atom. The van der Waals surface area contributed by atoms with Gasteiger partial charge < -0.3 is 9.84 Å². The first-order valence-electron chi connectivity index (χ1n) is 10.3. The van der Waals surface area contributed by atoms with Crippen molar-refractivity contribution in [3.05, 3.63) is 118 Å². The Bertz CT molecular complexity index is 892. The maximum absolute atomic E-state index is 11.0. The van der Waals surface area contributed by atoms with E-state index in [1.165, 1.54) is 0 Å². The fraction of sp³-hybridized carbons (Fsp3) is 0.280. The lowest BCUT2D eigenvalue weighted by molar-refractivity contribution is -0.122. The van der Waals surface area contributed by atoms with Gasteiger partial charge in [-0.1, -0.05) is 103 Å². The van der Waals surface area contributed by atoms with E-state index in [1.54, 1.807) is 0 Å². The second-order valence-corrected chi connectivity index (χ2v) is 7.63. The molecule has 1 fully saturated rings. The normalized spacial score (nSPS) is 21.6. The molecule has 0 aromatic heterocycles. The molecule has 0 radical (unpaired) electrons. The molecular weight excluding hydrogens is 374 g/mol. The molecule has 3 aromatic carbocycles. The lowest BCUT2D eigenvalue weighted by Gasteiger charge is -2.42. The van der Waals surface area contributed by atoms with Crippen molar-refractivity contribution in [3.8, 4) is 0 Å². The molecule has 3 aromatic rings. The Morgan fingerprint density at radius 1 is 0.800 bits per heavy atom. The van der Waals surface area contributed by atoms with Crippen LogP contribution < -0.4 is 0 Å². The van der Waals surface area contributed by atoms with E-state index >= 15 is 0 Å². The highest BCUT2D eigenvalue weighted by atomic mass is 16.5. The van der Waals surface area contributed by atoms with Crippen molar-refractivity contribution < 1.29 is 9.84 Å². The predicted octanol–water partition coefficient (Wildman–Crippen LogP) is 5.59. The van der Waals surface area contributed by atoms with Crippen LogP contribution in [0, 0.1) is 0 Å². The lowest BCUT2D eigenvalue weighted by Crippen LogP contribution is -2.47. The third-order valence-electron chi connectivity index (χ3n) is 5.83. The van der Waals surface area contributed by atoms with Crippen molar-refractivity contribution in [2.24, 2.45) is 5.11 Å². The zero-order valence-electron chi connectivity index (χ0n) is 16.7. The summed E-state index contributed by atoms with van der Waals surface area (Å²) in [6.45, 7) is 0. The summed E-state index contributed by atoms with van der Waals surface area (Å²) in [5.74, 6) is 0. The maximum atomic E-state index is 11.0. The zero-order chi connectivity index (χ0) is 20.8. The number of hydrogen-bond acceptors (Lipinski definition) is 3. The first-order valence-corrected chi connectivity index (χ1v) is 10.3. The van der Waals surface area contributed by atoms with Gasteiger partial charge >= 0.3 is 0 Å². The number of benzene rings is 3. The summed E-state index contributed by atoms with van der Waals surface area (Å²) >= 11 is 0. The molecule has 1 aliphatic rings. The second kappa shape index (κ2) is 9.14. The van der Waals surface area contributed by atoms with Gasteiger partial charge in [-0.3, -0.25) is 0 Å². The van der Waals surface area contributed by atoms with Gasteiger partial charge in [-0.15, -0.1) is 0 Å². The van der Waals surface area contributed by atoms with Gasteiger partial charge in [0, 0.05) is 4.91 Å². The Kier molecular flexibility index (Phi) is 6.15. The summed E-state index contributed by atoms with van der Waals surface area (Å²) in [5.41, 5.74) is 11.0. The van der Waals surface area contributed by atoms with E-state index in [2.05, 4.69) is 46.4 Å². The van der Waals surface area contributed by atoms with E-state index in [1.807, 2.05) is 54.6 Å². The molecule has 0 spiro atoms. The molecule has 30 heavy (non-hydrogen) atoms. The van der Waals surface area contributed by atoms with Crippen molar-refractivity contribution in [1.29, 1.82) is 0 Å². The minimum Gasteiger partial charge on any atom is -0.390 e. The van der Waals surface area contributed by atoms with Crippen LogP contribution in [0.5, 0.6) is 0 Å². The number of aliphatic hydroxyl groups excluding tert-OH is 1. The molecule has 0 amide bonds. The largest absolute Gasteiger partial charge is 0.390 e. The van der Waals surface area contributed by atoms with Crippen LogP contribution in [0.25, 0.3) is 10.4 Å². The molecule has 1 saturated carbocycles. The summed E-state index contributed by atoms with van der Waals surface area (Å²) in [6, 6.07) is 29.8. The average molecular weight is 399 g/mol. The molecule has 1 aliphatic carbocycles. The molecule has 0 heterocycles. The van der Waals surface area contributed by atoms with Crippen LogP contribution in [0.4, 0.5) is 0 Å². The second-order valence-electron chi connectivity index (χ2n) is 7.63. The highest BCUT2D eigenvalue weighted by Gasteiger charge is 2.43. The number of nitrogens with zero attached hydrogens (tertiary/aromatic N) is 3. The molecular formula is C25H25N3O2. The number of azide groups is 1. The minimum atomic E-state index is -0.895. The summed E-state index contributed by atoms with van der Waals surface area (Å²) < 4.78 is 6.89. The van der Waals surface area contributed by atoms with Crippen LogP contribution in [0.2, 0.25) is 0 Å². The van der Waals surface area contributed by atoms with Gasteiger partial charge in [0.25, 0.3) is 0 Å². The van der Waals surface area contributed by atoms with E-state index < -0.39 is 23.9 Å². The topological polar surface area (TPSA) is 78.2 Å². The molecule has 4 rings (SSSR count). The lowest BCUT2D eigenvalue weighted by atomic mass is 9.79. The van der Waals surface area contributed by atoms with Crippen LogP contribution >= 0.6 is 0 Å². The van der Waals surface area contributed by atoms with E-state index in [0.717, 1.165) is 23.1 Å². The van der Waals surface area contributed by atoms with Crippen LogP contribution in [0.3, 0.4) is 0 Å². The van der Waals surface area contributed by atoms with E-state index in [4.69, 9.17) is 10.3 Å². The highest BCUT2D eigenvalue weighted by molar-refractivity contribution is 5.47. The molecule has 1 N–H and O–H groups in total. The van der Waals surface area contributed by atoms with E-state index in [0.29, 0.717) is 12.8 Å². The highest BCUT2D eigenvalue weighted by Crippen LogP contribution is 2.43. The third-order valence-corrected chi connectivity index (χ3v) is 5.83. The zero-order valence-corrected chi connectivity index (χ0v) is 16.7. The number of aliphatic hydroxyl groups is 1. The van der Waals surface area contributed by atoms with Gasteiger partial charge in [-0.2, -0.15) is 0 Å². The summed E-state index contributed by atoms with van der Waals surface area (Å²) in [7, 11) is 0. The fourth-order valence-corrected chi connectivity index (χ4v) is 4.39.